The number of hydrogen-bond acceptors (Lipinski definition) is 2. The van der Waals surface area contributed by atoms with Gasteiger partial charge in [0.1, 0.15) is 6.29 Å². The van der Waals surface area contributed by atoms with E-state index in [4.69, 9.17) is 6.42 Å². The Morgan fingerprint density at radius 3 is 2.58 bits per heavy atom. The van der Waals surface area contributed by atoms with Gasteiger partial charge in [-0.15, -0.1) is 12.3 Å². The molecule has 1 fully saturated rings. The number of carbonyl (C=O) groups excluding carboxylic acids is 1. The van der Waals surface area contributed by atoms with Crippen LogP contribution in [0.2, 0.25) is 0 Å². The normalized spacial score (nSPS) is 21.2. The fourth-order valence-electron chi connectivity index (χ4n) is 1.63. The topological polar surface area (TPSA) is 20.3 Å². The van der Waals surface area contributed by atoms with Gasteiger partial charge in [-0.25, -0.2) is 0 Å². The second kappa shape index (κ2) is 4.95. The average Bonchev–Trinajstić information content (AvgIpc) is 2.15. The number of piperidine rings is 1. The van der Waals surface area contributed by atoms with Crippen molar-refractivity contribution in [3.05, 3.63) is 0 Å². The lowest BCUT2D eigenvalue weighted by Crippen LogP contribution is -2.39. The van der Waals surface area contributed by atoms with Crippen molar-refractivity contribution < 1.29 is 4.79 Å². The molecular weight excluding hydrogens is 150 g/mol. The zero-order valence-electron chi connectivity index (χ0n) is 7.33. The molecule has 0 bridgehead atoms. The monoisotopic (exact) mass is 165 g/mol. The van der Waals surface area contributed by atoms with Crippen molar-refractivity contribution in [2.75, 3.05) is 13.1 Å². The molecule has 1 saturated heterocycles. The minimum absolute atomic E-state index is 0.0321. The molecular formula is C10H15NO. The second-order valence-corrected chi connectivity index (χ2v) is 3.21. The molecule has 1 rings (SSSR count). The van der Waals surface area contributed by atoms with E-state index in [-0.39, 0.29) is 6.04 Å². The van der Waals surface area contributed by atoms with Crippen molar-refractivity contribution in [2.24, 2.45) is 0 Å². The molecule has 0 aliphatic carbocycles. The van der Waals surface area contributed by atoms with Crippen LogP contribution in [0.15, 0.2) is 0 Å². The smallest absolute Gasteiger partial charge is 0.138 e. The van der Waals surface area contributed by atoms with Crippen molar-refractivity contribution >= 4 is 6.29 Å². The molecule has 2 nitrogen and oxygen atoms in total. The molecule has 1 atom stereocenters. The SMILES string of the molecule is C#CCC(C=O)N1CCCCC1. The molecule has 1 aliphatic heterocycles. The van der Waals surface area contributed by atoms with Crippen LogP contribution in [-0.4, -0.2) is 30.3 Å². The molecule has 66 valence electrons. The fraction of sp³-hybridized carbons (Fsp3) is 0.700. The van der Waals surface area contributed by atoms with E-state index in [1.54, 1.807) is 0 Å². The molecule has 0 aromatic heterocycles. The van der Waals surface area contributed by atoms with Gasteiger partial charge in [0.15, 0.2) is 0 Å². The Labute approximate surface area is 73.9 Å². The largest absolute Gasteiger partial charge is 0.302 e. The Bertz CT molecular complexity index is 177. The van der Waals surface area contributed by atoms with Crippen LogP contribution in [0, 0.1) is 12.3 Å². The van der Waals surface area contributed by atoms with Crippen molar-refractivity contribution in [2.45, 2.75) is 31.7 Å². The number of aldehydes is 1. The van der Waals surface area contributed by atoms with Crippen molar-refractivity contribution in [3.63, 3.8) is 0 Å². The number of hydrogen-bond donors (Lipinski definition) is 0. The molecule has 0 spiro atoms. The first-order valence-corrected chi connectivity index (χ1v) is 4.51. The summed E-state index contributed by atoms with van der Waals surface area (Å²) in [6, 6.07) is -0.0321. The van der Waals surface area contributed by atoms with Crippen LogP contribution in [0.3, 0.4) is 0 Å². The van der Waals surface area contributed by atoms with Gasteiger partial charge in [0, 0.05) is 6.42 Å². The molecule has 0 radical (unpaired) electrons. The minimum Gasteiger partial charge on any atom is -0.302 e. The number of carbonyl (C=O) groups is 1. The molecule has 0 N–H and O–H groups in total. The second-order valence-electron chi connectivity index (χ2n) is 3.21. The molecule has 1 unspecified atom stereocenters. The summed E-state index contributed by atoms with van der Waals surface area (Å²) >= 11 is 0. The van der Waals surface area contributed by atoms with Crippen LogP contribution in [0.1, 0.15) is 25.7 Å². The number of likely N-dealkylation sites (tertiary alicyclic amines) is 1. The van der Waals surface area contributed by atoms with E-state index in [0.29, 0.717) is 6.42 Å². The first kappa shape index (κ1) is 9.28. The van der Waals surface area contributed by atoms with E-state index in [2.05, 4.69) is 10.8 Å². The Hall–Kier alpha value is -0.810. The molecule has 0 saturated carbocycles. The van der Waals surface area contributed by atoms with E-state index in [9.17, 15) is 4.79 Å². The molecule has 0 amide bonds. The maximum Gasteiger partial charge on any atom is 0.138 e. The lowest BCUT2D eigenvalue weighted by Gasteiger charge is -2.30. The number of nitrogens with zero attached hydrogens (tertiary/aromatic N) is 1. The van der Waals surface area contributed by atoms with Gasteiger partial charge in [0.25, 0.3) is 0 Å². The highest BCUT2D eigenvalue weighted by molar-refractivity contribution is 5.58. The van der Waals surface area contributed by atoms with Gasteiger partial charge in [-0.1, -0.05) is 6.42 Å². The average molecular weight is 165 g/mol. The van der Waals surface area contributed by atoms with Crippen molar-refractivity contribution in [3.8, 4) is 12.3 Å². The van der Waals surface area contributed by atoms with Crippen LogP contribution in [0.4, 0.5) is 0 Å². The molecule has 12 heavy (non-hydrogen) atoms. The Morgan fingerprint density at radius 2 is 2.08 bits per heavy atom. The Balaban J connectivity index is 2.41. The lowest BCUT2D eigenvalue weighted by atomic mass is 10.1. The highest BCUT2D eigenvalue weighted by Gasteiger charge is 2.18. The molecule has 0 aromatic rings. The van der Waals surface area contributed by atoms with Gasteiger partial charge < -0.3 is 4.79 Å². The summed E-state index contributed by atoms with van der Waals surface area (Å²) in [5.74, 6) is 2.54. The summed E-state index contributed by atoms with van der Waals surface area (Å²) in [6.45, 7) is 2.07. The highest BCUT2D eigenvalue weighted by Crippen LogP contribution is 2.12. The predicted molar refractivity (Wildman–Crippen MR) is 48.7 cm³/mol. The quantitative estimate of drug-likeness (QED) is 0.460. The maximum absolute atomic E-state index is 10.7. The molecule has 0 aromatic carbocycles. The van der Waals surface area contributed by atoms with Crippen LogP contribution in [-0.2, 0) is 4.79 Å². The van der Waals surface area contributed by atoms with Crippen LogP contribution in [0.5, 0.6) is 0 Å². The molecule has 2 heteroatoms. The minimum atomic E-state index is -0.0321. The maximum atomic E-state index is 10.7. The number of terminal acetylenes is 1. The summed E-state index contributed by atoms with van der Waals surface area (Å²) in [4.78, 5) is 12.8. The lowest BCUT2D eigenvalue weighted by molar-refractivity contribution is -0.112. The molecule has 1 aliphatic rings. The predicted octanol–water partition coefficient (Wildman–Crippen LogP) is 1.06. The van der Waals surface area contributed by atoms with Gasteiger partial charge in [0.2, 0.25) is 0 Å². The van der Waals surface area contributed by atoms with E-state index in [0.717, 1.165) is 19.4 Å². The van der Waals surface area contributed by atoms with Gasteiger partial charge in [-0.3, -0.25) is 4.90 Å². The first-order valence-electron chi connectivity index (χ1n) is 4.51. The summed E-state index contributed by atoms with van der Waals surface area (Å²) in [5, 5.41) is 0. The van der Waals surface area contributed by atoms with Gasteiger partial charge in [-0.05, 0) is 25.9 Å². The Kier molecular flexibility index (Phi) is 3.83. The Morgan fingerprint density at radius 1 is 1.42 bits per heavy atom. The first-order chi connectivity index (χ1) is 5.88. The van der Waals surface area contributed by atoms with Crippen LogP contribution >= 0.6 is 0 Å². The molecule has 1 heterocycles. The zero-order chi connectivity index (χ0) is 8.81. The summed E-state index contributed by atoms with van der Waals surface area (Å²) < 4.78 is 0. The van der Waals surface area contributed by atoms with Gasteiger partial charge in [0.05, 0.1) is 6.04 Å². The summed E-state index contributed by atoms with van der Waals surface area (Å²) in [5.41, 5.74) is 0. The zero-order valence-corrected chi connectivity index (χ0v) is 7.33. The van der Waals surface area contributed by atoms with Gasteiger partial charge >= 0.3 is 0 Å². The van der Waals surface area contributed by atoms with Crippen molar-refractivity contribution in [1.82, 2.24) is 4.90 Å². The van der Waals surface area contributed by atoms with E-state index < -0.39 is 0 Å². The number of rotatable bonds is 3. The fourth-order valence-corrected chi connectivity index (χ4v) is 1.63. The highest BCUT2D eigenvalue weighted by atomic mass is 16.1. The summed E-state index contributed by atoms with van der Waals surface area (Å²) in [6.07, 6.45) is 10.4. The standard InChI is InChI=1S/C10H15NO/c1-2-6-10(9-12)11-7-4-3-5-8-11/h1,9-10H,3-8H2. The third-order valence-corrected chi connectivity index (χ3v) is 2.34. The van der Waals surface area contributed by atoms with E-state index >= 15 is 0 Å². The van der Waals surface area contributed by atoms with Crippen molar-refractivity contribution in [1.29, 1.82) is 0 Å². The van der Waals surface area contributed by atoms with Crippen LogP contribution < -0.4 is 0 Å². The van der Waals surface area contributed by atoms with Gasteiger partial charge in [-0.2, -0.15) is 0 Å². The van der Waals surface area contributed by atoms with Crippen LogP contribution in [0.25, 0.3) is 0 Å². The van der Waals surface area contributed by atoms with E-state index in [1.807, 2.05) is 0 Å². The van der Waals surface area contributed by atoms with E-state index in [1.165, 1.54) is 19.3 Å². The third-order valence-electron chi connectivity index (χ3n) is 2.34. The third kappa shape index (κ3) is 2.35. The summed E-state index contributed by atoms with van der Waals surface area (Å²) in [7, 11) is 0.